The maximum absolute atomic E-state index is 10.4. The average Bonchev–Trinajstić information content (AvgIpc) is 2.37. The lowest BCUT2D eigenvalue weighted by atomic mass is 9.84. The van der Waals surface area contributed by atoms with E-state index in [1.807, 2.05) is 19.1 Å². The summed E-state index contributed by atoms with van der Waals surface area (Å²) in [5.74, 6) is 0.835. The van der Waals surface area contributed by atoms with Crippen molar-refractivity contribution in [1.29, 1.82) is 0 Å². The van der Waals surface area contributed by atoms with E-state index in [1.165, 1.54) is 5.56 Å². The van der Waals surface area contributed by atoms with Crippen LogP contribution in [0.15, 0.2) is 16.6 Å². The summed E-state index contributed by atoms with van der Waals surface area (Å²) >= 11 is 3.61. The molecule has 0 saturated heterocycles. The Morgan fingerprint density at radius 1 is 1.44 bits per heavy atom. The van der Waals surface area contributed by atoms with Crippen molar-refractivity contribution in [3.63, 3.8) is 0 Å². The minimum absolute atomic E-state index is 0.184. The molecule has 3 heteroatoms. The number of aliphatic hydroxyl groups excluding tert-OH is 1. The molecule has 0 aliphatic heterocycles. The second-order valence-corrected chi connectivity index (χ2v) is 6.64. The summed E-state index contributed by atoms with van der Waals surface area (Å²) in [6.45, 7) is 7.06. The van der Waals surface area contributed by atoms with Crippen molar-refractivity contribution in [2.75, 3.05) is 6.61 Å². The highest BCUT2D eigenvalue weighted by atomic mass is 79.9. The van der Waals surface area contributed by atoms with Gasteiger partial charge in [0.15, 0.2) is 0 Å². The van der Waals surface area contributed by atoms with Crippen LogP contribution < -0.4 is 4.74 Å². The van der Waals surface area contributed by atoms with Gasteiger partial charge in [-0.05, 0) is 54.9 Å². The van der Waals surface area contributed by atoms with E-state index in [1.54, 1.807) is 0 Å². The van der Waals surface area contributed by atoms with Gasteiger partial charge in [0, 0.05) is 4.47 Å². The van der Waals surface area contributed by atoms with Gasteiger partial charge in [-0.15, -0.1) is 0 Å². The van der Waals surface area contributed by atoms with Crippen LogP contribution in [0.4, 0.5) is 0 Å². The summed E-state index contributed by atoms with van der Waals surface area (Å²) in [5.41, 5.74) is 2.44. The summed E-state index contributed by atoms with van der Waals surface area (Å²) in [7, 11) is 0. The Morgan fingerprint density at radius 3 is 2.83 bits per heavy atom. The summed E-state index contributed by atoms with van der Waals surface area (Å²) in [4.78, 5) is 0. The van der Waals surface area contributed by atoms with Crippen LogP contribution in [-0.2, 0) is 6.42 Å². The van der Waals surface area contributed by atoms with E-state index >= 15 is 0 Å². The van der Waals surface area contributed by atoms with Crippen LogP contribution in [0.25, 0.3) is 0 Å². The number of aliphatic hydroxyl groups is 1. The Morgan fingerprint density at radius 2 is 2.17 bits per heavy atom. The van der Waals surface area contributed by atoms with Gasteiger partial charge in [-0.3, -0.25) is 0 Å². The first kappa shape index (κ1) is 13.9. The molecule has 0 heterocycles. The van der Waals surface area contributed by atoms with Crippen LogP contribution in [0, 0.1) is 5.41 Å². The molecule has 1 N–H and O–H groups in total. The number of halogens is 1. The number of benzene rings is 1. The molecule has 1 aromatic rings. The summed E-state index contributed by atoms with van der Waals surface area (Å²) < 4.78 is 6.61. The van der Waals surface area contributed by atoms with E-state index in [-0.39, 0.29) is 5.41 Å². The molecule has 0 amide bonds. The Balaban J connectivity index is 2.42. The largest absolute Gasteiger partial charge is 0.494 e. The van der Waals surface area contributed by atoms with Gasteiger partial charge in [0.05, 0.1) is 12.7 Å². The van der Waals surface area contributed by atoms with Crippen molar-refractivity contribution in [2.45, 2.75) is 46.1 Å². The third-order valence-electron chi connectivity index (χ3n) is 3.67. The maximum atomic E-state index is 10.4. The first-order valence-corrected chi connectivity index (χ1v) is 7.35. The lowest BCUT2D eigenvalue weighted by molar-refractivity contribution is 0.116. The van der Waals surface area contributed by atoms with Crippen molar-refractivity contribution in [2.24, 2.45) is 5.41 Å². The summed E-state index contributed by atoms with van der Waals surface area (Å²) in [6, 6.07) is 4.00. The molecular weight excluding hydrogens is 292 g/mol. The molecule has 1 atom stereocenters. The molecule has 1 aliphatic rings. The van der Waals surface area contributed by atoms with Crippen LogP contribution in [-0.4, -0.2) is 11.7 Å². The maximum Gasteiger partial charge on any atom is 0.120 e. The van der Waals surface area contributed by atoms with Crippen molar-refractivity contribution in [3.8, 4) is 5.75 Å². The van der Waals surface area contributed by atoms with Gasteiger partial charge < -0.3 is 9.84 Å². The molecule has 0 bridgehead atoms. The molecule has 2 nitrogen and oxygen atoms in total. The molecule has 0 aromatic heterocycles. The van der Waals surface area contributed by atoms with E-state index in [4.69, 9.17) is 4.74 Å². The van der Waals surface area contributed by atoms with E-state index < -0.39 is 6.10 Å². The standard InChI is InChI=1S/C15H21BrO2/c1-4-18-10-7-12-11(13(16)8-10)5-6-15(2,3)9-14(12)17/h7-8,14,17H,4-6,9H2,1-3H3. The Labute approximate surface area is 117 Å². The smallest absolute Gasteiger partial charge is 0.120 e. The van der Waals surface area contributed by atoms with Gasteiger partial charge in [0.2, 0.25) is 0 Å². The molecule has 0 radical (unpaired) electrons. The second-order valence-electron chi connectivity index (χ2n) is 5.79. The topological polar surface area (TPSA) is 29.5 Å². The second kappa shape index (κ2) is 5.22. The molecule has 1 aromatic carbocycles. The monoisotopic (exact) mass is 312 g/mol. The fourth-order valence-electron chi connectivity index (χ4n) is 2.64. The van der Waals surface area contributed by atoms with E-state index in [2.05, 4.69) is 29.8 Å². The molecule has 1 aliphatic carbocycles. The molecule has 18 heavy (non-hydrogen) atoms. The molecule has 1 unspecified atom stereocenters. The number of hydrogen-bond acceptors (Lipinski definition) is 2. The average molecular weight is 313 g/mol. The van der Waals surface area contributed by atoms with Crippen LogP contribution in [0.5, 0.6) is 5.75 Å². The summed E-state index contributed by atoms with van der Waals surface area (Å²) in [5, 5.41) is 10.4. The van der Waals surface area contributed by atoms with Crippen LogP contribution >= 0.6 is 15.9 Å². The zero-order valence-electron chi connectivity index (χ0n) is 11.3. The molecule has 0 fully saturated rings. The van der Waals surface area contributed by atoms with Crippen LogP contribution in [0.2, 0.25) is 0 Å². The summed E-state index contributed by atoms with van der Waals surface area (Å²) in [6.07, 6.45) is 2.52. The van der Waals surface area contributed by atoms with Gasteiger partial charge in [-0.2, -0.15) is 0 Å². The van der Waals surface area contributed by atoms with Gasteiger partial charge in [0.25, 0.3) is 0 Å². The Kier molecular flexibility index (Phi) is 4.02. The molecule has 100 valence electrons. The number of ether oxygens (including phenoxy) is 1. The van der Waals surface area contributed by atoms with Crippen molar-refractivity contribution < 1.29 is 9.84 Å². The molecule has 2 rings (SSSR count). The zero-order valence-corrected chi connectivity index (χ0v) is 12.9. The fourth-order valence-corrected chi connectivity index (χ4v) is 3.29. The third kappa shape index (κ3) is 2.89. The van der Waals surface area contributed by atoms with E-state index in [0.717, 1.165) is 35.0 Å². The number of hydrogen-bond donors (Lipinski definition) is 1. The predicted octanol–water partition coefficient (Wildman–Crippen LogP) is 4.24. The Bertz CT molecular complexity index is 440. The quantitative estimate of drug-likeness (QED) is 0.827. The SMILES string of the molecule is CCOc1cc(Br)c2c(c1)C(O)CC(C)(C)CC2. The minimum Gasteiger partial charge on any atom is -0.494 e. The molecular formula is C15H21BrO2. The highest BCUT2D eigenvalue weighted by Crippen LogP contribution is 2.42. The van der Waals surface area contributed by atoms with Crippen molar-refractivity contribution in [1.82, 2.24) is 0 Å². The normalized spacial score (nSPS) is 22.2. The molecule has 0 saturated carbocycles. The van der Waals surface area contributed by atoms with Gasteiger partial charge in [-0.25, -0.2) is 0 Å². The van der Waals surface area contributed by atoms with E-state index in [9.17, 15) is 5.11 Å². The molecule has 0 spiro atoms. The number of fused-ring (bicyclic) bond motifs is 1. The highest BCUT2D eigenvalue weighted by Gasteiger charge is 2.29. The van der Waals surface area contributed by atoms with Gasteiger partial charge in [-0.1, -0.05) is 29.8 Å². The predicted molar refractivity (Wildman–Crippen MR) is 77.0 cm³/mol. The fraction of sp³-hybridized carbons (Fsp3) is 0.600. The zero-order chi connectivity index (χ0) is 13.3. The highest BCUT2D eigenvalue weighted by molar-refractivity contribution is 9.10. The van der Waals surface area contributed by atoms with Crippen molar-refractivity contribution >= 4 is 15.9 Å². The van der Waals surface area contributed by atoms with Crippen LogP contribution in [0.3, 0.4) is 0 Å². The van der Waals surface area contributed by atoms with Crippen molar-refractivity contribution in [3.05, 3.63) is 27.7 Å². The minimum atomic E-state index is -0.394. The Hall–Kier alpha value is -0.540. The number of rotatable bonds is 2. The first-order valence-electron chi connectivity index (χ1n) is 6.56. The lowest BCUT2D eigenvalue weighted by Crippen LogP contribution is -2.13. The van der Waals surface area contributed by atoms with Gasteiger partial charge >= 0.3 is 0 Å². The van der Waals surface area contributed by atoms with Gasteiger partial charge in [0.1, 0.15) is 5.75 Å². The van der Waals surface area contributed by atoms with Crippen LogP contribution in [0.1, 0.15) is 50.8 Å². The first-order chi connectivity index (χ1) is 8.43. The van der Waals surface area contributed by atoms with E-state index in [0.29, 0.717) is 6.61 Å². The third-order valence-corrected chi connectivity index (χ3v) is 4.38. The lowest BCUT2D eigenvalue weighted by Gasteiger charge is -2.24.